The molecule has 82 valence electrons. The largest absolute Gasteiger partial charge is 0.261 e. The Bertz CT molecular complexity index is 301. The molecule has 0 fully saturated rings. The molecule has 0 saturated carbocycles. The highest BCUT2D eigenvalue weighted by Crippen LogP contribution is 2.12. The molecule has 0 rings (SSSR count). The van der Waals surface area contributed by atoms with Crippen LogP contribution >= 0.6 is 0 Å². The maximum Gasteiger partial charge on any atom is 0.0694 e. The molecule has 1 heteroatoms. The standard InChI is InChI=1S/C14H21N/c1-6-9-13(7-2)14(15-8-3)11-10-12(4)5/h6-12H,2H2,1,3-5H3/b9-6-,11-10-,14-13+,15-8?. The molecule has 0 amide bonds. The van der Waals surface area contributed by atoms with Crippen LogP contribution in [0.4, 0.5) is 0 Å². The van der Waals surface area contributed by atoms with Crippen molar-refractivity contribution >= 4 is 6.21 Å². The number of rotatable bonds is 5. The highest BCUT2D eigenvalue weighted by atomic mass is 14.7. The van der Waals surface area contributed by atoms with Gasteiger partial charge in [-0.2, -0.15) is 0 Å². The van der Waals surface area contributed by atoms with Gasteiger partial charge in [-0.25, -0.2) is 0 Å². The van der Waals surface area contributed by atoms with Gasteiger partial charge in [-0.3, -0.25) is 4.99 Å². The Hall–Kier alpha value is -1.37. The van der Waals surface area contributed by atoms with Crippen LogP contribution in [0.15, 0.2) is 53.2 Å². The minimum Gasteiger partial charge on any atom is -0.261 e. The van der Waals surface area contributed by atoms with Crippen LogP contribution in [0, 0.1) is 5.92 Å². The molecule has 0 saturated heterocycles. The second-order valence-electron chi connectivity index (χ2n) is 3.54. The van der Waals surface area contributed by atoms with Crippen LogP contribution in [0.1, 0.15) is 27.7 Å². The minimum atomic E-state index is 0.531. The summed E-state index contributed by atoms with van der Waals surface area (Å²) in [4.78, 5) is 4.33. The summed E-state index contributed by atoms with van der Waals surface area (Å²) in [6, 6.07) is 0. The Labute approximate surface area is 93.6 Å². The molecular weight excluding hydrogens is 182 g/mol. The summed E-state index contributed by atoms with van der Waals surface area (Å²) in [7, 11) is 0. The first kappa shape index (κ1) is 13.6. The van der Waals surface area contributed by atoms with Crippen molar-refractivity contribution in [3.63, 3.8) is 0 Å². The first-order valence-corrected chi connectivity index (χ1v) is 5.32. The van der Waals surface area contributed by atoms with E-state index in [4.69, 9.17) is 0 Å². The summed E-state index contributed by atoms with van der Waals surface area (Å²) < 4.78 is 0. The lowest BCUT2D eigenvalue weighted by Crippen LogP contribution is -1.84. The summed E-state index contributed by atoms with van der Waals surface area (Å²) >= 11 is 0. The third-order valence-electron chi connectivity index (χ3n) is 1.77. The lowest BCUT2D eigenvalue weighted by Gasteiger charge is -2.00. The van der Waals surface area contributed by atoms with Gasteiger partial charge < -0.3 is 0 Å². The summed E-state index contributed by atoms with van der Waals surface area (Å²) in [6.07, 6.45) is 11.8. The van der Waals surface area contributed by atoms with Crippen molar-refractivity contribution in [2.45, 2.75) is 27.7 Å². The van der Waals surface area contributed by atoms with Crippen LogP contribution in [0.3, 0.4) is 0 Å². The molecule has 0 atom stereocenters. The number of hydrogen-bond donors (Lipinski definition) is 0. The molecule has 0 aromatic rings. The van der Waals surface area contributed by atoms with E-state index >= 15 is 0 Å². The Kier molecular flexibility index (Phi) is 7.25. The van der Waals surface area contributed by atoms with E-state index < -0.39 is 0 Å². The number of allylic oxidation sites excluding steroid dienone is 6. The fourth-order valence-electron chi connectivity index (χ4n) is 1.07. The highest BCUT2D eigenvalue weighted by molar-refractivity contribution is 5.57. The van der Waals surface area contributed by atoms with Gasteiger partial charge in [0.2, 0.25) is 0 Å². The Morgan fingerprint density at radius 2 is 1.87 bits per heavy atom. The molecule has 0 unspecified atom stereocenters. The van der Waals surface area contributed by atoms with Crippen LogP contribution < -0.4 is 0 Å². The summed E-state index contributed by atoms with van der Waals surface area (Å²) in [5, 5.41) is 0. The van der Waals surface area contributed by atoms with E-state index in [0.29, 0.717) is 5.92 Å². The molecule has 0 aliphatic rings. The minimum absolute atomic E-state index is 0.531. The smallest absolute Gasteiger partial charge is 0.0694 e. The maximum absolute atomic E-state index is 4.33. The van der Waals surface area contributed by atoms with E-state index in [1.54, 1.807) is 6.21 Å². The molecule has 0 aromatic heterocycles. The van der Waals surface area contributed by atoms with Crippen LogP contribution in [0.2, 0.25) is 0 Å². The summed E-state index contributed by atoms with van der Waals surface area (Å²) in [6.45, 7) is 12.0. The SMILES string of the molecule is C=CC(/C=C\C)=C(/C=C\C(C)C)N=CC. The normalized spacial score (nSPS) is 14.5. The number of hydrogen-bond acceptors (Lipinski definition) is 1. The fourth-order valence-corrected chi connectivity index (χ4v) is 1.07. The zero-order valence-corrected chi connectivity index (χ0v) is 10.2. The van der Waals surface area contributed by atoms with Crippen molar-refractivity contribution in [1.82, 2.24) is 0 Å². The first-order valence-electron chi connectivity index (χ1n) is 5.32. The van der Waals surface area contributed by atoms with Gasteiger partial charge in [0.15, 0.2) is 0 Å². The van der Waals surface area contributed by atoms with Crippen LogP contribution in [0.5, 0.6) is 0 Å². The zero-order valence-electron chi connectivity index (χ0n) is 10.2. The van der Waals surface area contributed by atoms with Gasteiger partial charge in [-0.15, -0.1) is 0 Å². The fraction of sp³-hybridized carbons (Fsp3) is 0.357. The summed E-state index contributed by atoms with van der Waals surface area (Å²) in [5.74, 6) is 0.531. The molecule has 0 spiro atoms. The Morgan fingerprint density at radius 3 is 2.27 bits per heavy atom. The Balaban J connectivity index is 5.14. The van der Waals surface area contributed by atoms with Gasteiger partial charge in [0, 0.05) is 6.21 Å². The van der Waals surface area contributed by atoms with E-state index in [-0.39, 0.29) is 0 Å². The van der Waals surface area contributed by atoms with Gasteiger partial charge >= 0.3 is 0 Å². The number of nitrogens with zero attached hydrogens (tertiary/aromatic N) is 1. The van der Waals surface area contributed by atoms with Crippen LogP contribution in [-0.2, 0) is 0 Å². The maximum atomic E-state index is 4.33. The second-order valence-corrected chi connectivity index (χ2v) is 3.54. The average molecular weight is 203 g/mol. The van der Waals surface area contributed by atoms with E-state index in [0.717, 1.165) is 11.3 Å². The molecule has 15 heavy (non-hydrogen) atoms. The van der Waals surface area contributed by atoms with Crippen molar-refractivity contribution in [2.75, 3.05) is 0 Å². The molecule has 0 aliphatic carbocycles. The molecule has 0 N–H and O–H groups in total. The van der Waals surface area contributed by atoms with Gasteiger partial charge in [-0.1, -0.05) is 44.7 Å². The van der Waals surface area contributed by atoms with Crippen LogP contribution in [0.25, 0.3) is 0 Å². The van der Waals surface area contributed by atoms with Crippen molar-refractivity contribution in [1.29, 1.82) is 0 Å². The quantitative estimate of drug-likeness (QED) is 0.466. The third-order valence-corrected chi connectivity index (χ3v) is 1.77. The lowest BCUT2D eigenvalue weighted by molar-refractivity contribution is 0.830. The van der Waals surface area contributed by atoms with Crippen molar-refractivity contribution in [3.8, 4) is 0 Å². The molecule has 0 radical (unpaired) electrons. The van der Waals surface area contributed by atoms with Gasteiger partial charge in [0.05, 0.1) is 5.70 Å². The van der Waals surface area contributed by atoms with Crippen molar-refractivity contribution in [2.24, 2.45) is 10.9 Å². The zero-order chi connectivity index (χ0) is 11.7. The van der Waals surface area contributed by atoms with E-state index in [9.17, 15) is 0 Å². The molecule has 0 aliphatic heterocycles. The predicted molar refractivity (Wildman–Crippen MR) is 70.2 cm³/mol. The monoisotopic (exact) mass is 203 g/mol. The Morgan fingerprint density at radius 1 is 1.20 bits per heavy atom. The van der Waals surface area contributed by atoms with Crippen LogP contribution in [-0.4, -0.2) is 6.21 Å². The van der Waals surface area contributed by atoms with Crippen molar-refractivity contribution < 1.29 is 0 Å². The van der Waals surface area contributed by atoms with E-state index in [2.05, 4.69) is 31.5 Å². The van der Waals surface area contributed by atoms with Gasteiger partial charge in [0.25, 0.3) is 0 Å². The molecule has 1 nitrogen and oxygen atoms in total. The average Bonchev–Trinajstić information content (AvgIpc) is 2.21. The summed E-state index contributed by atoms with van der Waals surface area (Å²) in [5.41, 5.74) is 2.01. The van der Waals surface area contributed by atoms with E-state index in [1.165, 1.54) is 0 Å². The second kappa shape index (κ2) is 7.98. The number of aliphatic imine (C=N–C) groups is 1. The molecule has 0 aromatic carbocycles. The molecule has 0 bridgehead atoms. The lowest BCUT2D eigenvalue weighted by atomic mass is 10.1. The van der Waals surface area contributed by atoms with Gasteiger partial charge in [0.1, 0.15) is 0 Å². The third kappa shape index (κ3) is 5.84. The van der Waals surface area contributed by atoms with Crippen molar-refractivity contribution in [3.05, 3.63) is 48.2 Å². The first-order chi connectivity index (χ1) is 7.15. The molecule has 0 heterocycles. The van der Waals surface area contributed by atoms with E-state index in [1.807, 2.05) is 38.2 Å². The topological polar surface area (TPSA) is 12.4 Å². The predicted octanol–water partition coefficient (Wildman–Crippen LogP) is 4.31. The van der Waals surface area contributed by atoms with Gasteiger partial charge in [-0.05, 0) is 31.4 Å². The molecular formula is C14H21N. The highest BCUT2D eigenvalue weighted by Gasteiger charge is 1.95.